The molecule has 0 saturated heterocycles. The van der Waals surface area contributed by atoms with E-state index in [0.29, 0.717) is 12.1 Å². The summed E-state index contributed by atoms with van der Waals surface area (Å²) in [5.74, 6) is 0. The minimum absolute atomic E-state index is 0.144. The van der Waals surface area contributed by atoms with E-state index in [2.05, 4.69) is 0 Å². The van der Waals surface area contributed by atoms with Crippen molar-refractivity contribution in [3.63, 3.8) is 0 Å². The third kappa shape index (κ3) is 1.28. The minimum atomic E-state index is -0.144. The number of halogens is 1. The van der Waals surface area contributed by atoms with E-state index in [4.69, 9.17) is 5.73 Å². The summed E-state index contributed by atoms with van der Waals surface area (Å²) < 4.78 is 12.5. The van der Waals surface area contributed by atoms with Crippen molar-refractivity contribution in [3.05, 3.63) is 21.6 Å². The van der Waals surface area contributed by atoms with Gasteiger partial charge in [-0.2, -0.15) is 4.39 Å². The van der Waals surface area contributed by atoms with Gasteiger partial charge in [0.05, 0.1) is 0 Å². The molecule has 0 aromatic carbocycles. The second kappa shape index (κ2) is 2.45. The molecule has 1 rings (SSSR count). The lowest BCUT2D eigenvalue weighted by molar-refractivity contribution is 0.641. The summed E-state index contributed by atoms with van der Waals surface area (Å²) in [6, 6.07) is 1.78. The van der Waals surface area contributed by atoms with Crippen LogP contribution in [0, 0.1) is 12.1 Å². The number of nitrogens with two attached hydrogens (primary N) is 1. The van der Waals surface area contributed by atoms with Gasteiger partial charge < -0.3 is 5.73 Å². The summed E-state index contributed by atoms with van der Waals surface area (Å²) in [5.41, 5.74) is 5.85. The van der Waals surface area contributed by atoms with E-state index in [1.54, 1.807) is 6.07 Å². The topological polar surface area (TPSA) is 26.0 Å². The summed E-state index contributed by atoms with van der Waals surface area (Å²) in [7, 11) is 0. The largest absolute Gasteiger partial charge is 0.326 e. The van der Waals surface area contributed by atoms with Crippen LogP contribution in [0.3, 0.4) is 0 Å². The van der Waals surface area contributed by atoms with E-state index < -0.39 is 0 Å². The molecule has 1 aromatic rings. The lowest BCUT2D eigenvalue weighted by Gasteiger charge is -1.84. The van der Waals surface area contributed by atoms with Gasteiger partial charge in [-0.05, 0) is 13.0 Å². The van der Waals surface area contributed by atoms with Crippen LogP contribution < -0.4 is 5.73 Å². The van der Waals surface area contributed by atoms with Gasteiger partial charge in [0.15, 0.2) is 5.13 Å². The fraction of sp³-hybridized carbons (Fsp3) is 0.333. The monoisotopic (exact) mass is 145 g/mol. The lowest BCUT2D eigenvalue weighted by atomic mass is 10.3. The Balaban J connectivity index is 3.01. The Kier molecular flexibility index (Phi) is 1.83. The minimum Gasteiger partial charge on any atom is -0.326 e. The van der Waals surface area contributed by atoms with Crippen LogP contribution in [-0.4, -0.2) is 0 Å². The van der Waals surface area contributed by atoms with Crippen LogP contribution in [0.15, 0.2) is 6.07 Å². The van der Waals surface area contributed by atoms with Gasteiger partial charge in [-0.1, -0.05) is 0 Å². The third-order valence-corrected chi connectivity index (χ3v) is 1.98. The molecule has 0 saturated carbocycles. The molecule has 0 spiro atoms. The molecule has 0 aliphatic rings. The quantitative estimate of drug-likeness (QED) is 0.639. The van der Waals surface area contributed by atoms with Crippen molar-refractivity contribution in [1.82, 2.24) is 0 Å². The van der Waals surface area contributed by atoms with Crippen molar-refractivity contribution < 1.29 is 4.39 Å². The Bertz CT molecular complexity index is 207. The maximum atomic E-state index is 12.5. The fourth-order valence-electron chi connectivity index (χ4n) is 0.678. The molecule has 1 aromatic heterocycles. The molecular formula is C6H8FNS. The first-order valence-corrected chi connectivity index (χ1v) is 3.50. The normalized spacial score (nSPS) is 10.1. The van der Waals surface area contributed by atoms with E-state index in [-0.39, 0.29) is 5.13 Å². The molecule has 0 atom stereocenters. The highest BCUT2D eigenvalue weighted by molar-refractivity contribution is 7.10. The van der Waals surface area contributed by atoms with Crippen molar-refractivity contribution in [2.45, 2.75) is 13.5 Å². The highest BCUT2D eigenvalue weighted by atomic mass is 32.1. The molecule has 1 heterocycles. The number of aryl methyl sites for hydroxylation is 1. The van der Waals surface area contributed by atoms with Crippen LogP contribution in [-0.2, 0) is 6.54 Å². The molecule has 0 radical (unpaired) electrons. The Morgan fingerprint density at radius 2 is 2.44 bits per heavy atom. The molecule has 9 heavy (non-hydrogen) atoms. The average Bonchev–Trinajstić information content (AvgIpc) is 2.10. The second-order valence-electron chi connectivity index (χ2n) is 1.86. The lowest BCUT2D eigenvalue weighted by Crippen LogP contribution is -1.95. The summed E-state index contributed by atoms with van der Waals surface area (Å²) in [6.07, 6.45) is 0. The summed E-state index contributed by atoms with van der Waals surface area (Å²) in [5, 5.41) is -0.144. The van der Waals surface area contributed by atoms with Crippen LogP contribution in [0.1, 0.15) is 10.4 Å². The predicted molar refractivity (Wildman–Crippen MR) is 36.9 cm³/mol. The van der Waals surface area contributed by atoms with Crippen LogP contribution in [0.5, 0.6) is 0 Å². The van der Waals surface area contributed by atoms with Crippen LogP contribution in [0.4, 0.5) is 4.39 Å². The molecule has 2 N–H and O–H groups in total. The highest BCUT2D eigenvalue weighted by Gasteiger charge is 2.02. The first-order valence-electron chi connectivity index (χ1n) is 2.69. The maximum absolute atomic E-state index is 12.5. The Morgan fingerprint density at radius 1 is 1.78 bits per heavy atom. The molecular weight excluding hydrogens is 137 g/mol. The van der Waals surface area contributed by atoms with Crippen LogP contribution >= 0.6 is 11.3 Å². The molecule has 50 valence electrons. The van der Waals surface area contributed by atoms with Crippen molar-refractivity contribution in [1.29, 1.82) is 0 Å². The number of rotatable bonds is 1. The van der Waals surface area contributed by atoms with E-state index >= 15 is 0 Å². The van der Waals surface area contributed by atoms with Gasteiger partial charge in [0.2, 0.25) is 0 Å². The molecule has 0 aliphatic heterocycles. The Labute approximate surface area is 57.3 Å². The second-order valence-corrected chi connectivity index (χ2v) is 3.07. The average molecular weight is 145 g/mol. The zero-order chi connectivity index (χ0) is 6.85. The number of hydrogen-bond donors (Lipinski definition) is 1. The summed E-state index contributed by atoms with van der Waals surface area (Å²) >= 11 is 1.15. The summed E-state index contributed by atoms with van der Waals surface area (Å²) in [6.45, 7) is 2.17. The molecule has 0 unspecified atom stereocenters. The van der Waals surface area contributed by atoms with Crippen molar-refractivity contribution in [2.24, 2.45) is 5.73 Å². The van der Waals surface area contributed by atoms with E-state index in [9.17, 15) is 4.39 Å². The first-order chi connectivity index (χ1) is 4.24. The standard InChI is InChI=1S/C6H8FNS/c1-4-2-5(3-8)6(7)9-4/h2H,3,8H2,1H3. The van der Waals surface area contributed by atoms with E-state index in [1.165, 1.54) is 0 Å². The molecule has 0 fully saturated rings. The zero-order valence-electron chi connectivity index (χ0n) is 5.15. The number of hydrogen-bond acceptors (Lipinski definition) is 2. The molecule has 0 aliphatic carbocycles. The maximum Gasteiger partial charge on any atom is 0.181 e. The summed E-state index contributed by atoms with van der Waals surface area (Å²) in [4.78, 5) is 0.980. The smallest absolute Gasteiger partial charge is 0.181 e. The SMILES string of the molecule is Cc1cc(CN)c(F)s1. The number of thiophene rings is 1. The van der Waals surface area contributed by atoms with Crippen molar-refractivity contribution >= 4 is 11.3 Å². The van der Waals surface area contributed by atoms with E-state index in [0.717, 1.165) is 16.2 Å². The van der Waals surface area contributed by atoms with Crippen molar-refractivity contribution in [3.8, 4) is 0 Å². The molecule has 3 heteroatoms. The Morgan fingerprint density at radius 3 is 2.67 bits per heavy atom. The van der Waals surface area contributed by atoms with Gasteiger partial charge in [0, 0.05) is 17.0 Å². The van der Waals surface area contributed by atoms with Gasteiger partial charge >= 0.3 is 0 Å². The van der Waals surface area contributed by atoms with Crippen LogP contribution in [0.25, 0.3) is 0 Å². The van der Waals surface area contributed by atoms with Gasteiger partial charge in [-0.25, -0.2) is 0 Å². The van der Waals surface area contributed by atoms with Gasteiger partial charge in [-0.15, -0.1) is 11.3 Å². The highest BCUT2D eigenvalue weighted by Crippen LogP contribution is 2.18. The van der Waals surface area contributed by atoms with Gasteiger partial charge in [0.1, 0.15) is 0 Å². The first kappa shape index (κ1) is 6.71. The third-order valence-electron chi connectivity index (χ3n) is 1.10. The van der Waals surface area contributed by atoms with Crippen molar-refractivity contribution in [2.75, 3.05) is 0 Å². The van der Waals surface area contributed by atoms with Crippen LogP contribution in [0.2, 0.25) is 0 Å². The molecule has 0 amide bonds. The predicted octanol–water partition coefficient (Wildman–Crippen LogP) is 1.65. The fourth-order valence-corrected chi connectivity index (χ4v) is 1.43. The van der Waals surface area contributed by atoms with Gasteiger partial charge in [0.25, 0.3) is 0 Å². The Hall–Kier alpha value is -0.410. The molecule has 1 nitrogen and oxygen atoms in total. The van der Waals surface area contributed by atoms with E-state index in [1.807, 2.05) is 6.92 Å². The van der Waals surface area contributed by atoms with Gasteiger partial charge in [-0.3, -0.25) is 0 Å². The zero-order valence-corrected chi connectivity index (χ0v) is 5.96. The molecule has 0 bridgehead atoms.